The van der Waals surface area contributed by atoms with E-state index in [1.807, 2.05) is 13.8 Å². The monoisotopic (exact) mass is 259 g/mol. The Morgan fingerprint density at radius 1 is 1.43 bits per heavy atom. The van der Waals surface area contributed by atoms with E-state index >= 15 is 0 Å². The molecule has 4 nitrogen and oxygen atoms in total. The first kappa shape index (κ1) is 11.4. The second-order valence-corrected chi connectivity index (χ2v) is 4.23. The second-order valence-electron chi connectivity index (χ2n) is 3.42. The van der Waals surface area contributed by atoms with Gasteiger partial charge in [0.05, 0.1) is 18.5 Å². The number of halogens is 1. The lowest BCUT2D eigenvalue weighted by atomic mass is 10.1. The third-order valence-corrected chi connectivity index (χ3v) is 2.29. The smallest absolute Gasteiger partial charge is 0.144 e. The number of hydrogen-bond donors (Lipinski definition) is 2. The molecule has 1 unspecified atom stereocenters. The molecule has 1 rings (SSSR count). The molecule has 0 amide bonds. The molecule has 0 saturated heterocycles. The zero-order valence-electron chi connectivity index (χ0n) is 8.24. The predicted molar refractivity (Wildman–Crippen MR) is 59.1 cm³/mol. The van der Waals surface area contributed by atoms with Gasteiger partial charge in [0.2, 0.25) is 0 Å². The van der Waals surface area contributed by atoms with Gasteiger partial charge in [-0.25, -0.2) is 9.97 Å². The summed E-state index contributed by atoms with van der Waals surface area (Å²) >= 11 is 3.20. The van der Waals surface area contributed by atoms with E-state index < -0.39 is 0 Å². The van der Waals surface area contributed by atoms with Gasteiger partial charge in [-0.3, -0.25) is 0 Å². The van der Waals surface area contributed by atoms with Gasteiger partial charge in [0.1, 0.15) is 10.4 Å². The molecule has 0 aromatic carbocycles. The largest absolute Gasteiger partial charge is 0.391 e. The van der Waals surface area contributed by atoms with Crippen molar-refractivity contribution in [3.05, 3.63) is 17.0 Å². The van der Waals surface area contributed by atoms with E-state index in [9.17, 15) is 5.11 Å². The third-order valence-electron chi connectivity index (χ3n) is 1.88. The lowest BCUT2D eigenvalue weighted by molar-refractivity contribution is 0.138. The second kappa shape index (κ2) is 5.26. The maximum Gasteiger partial charge on any atom is 0.144 e. The molecule has 1 heterocycles. The van der Waals surface area contributed by atoms with Crippen LogP contribution in [0.25, 0.3) is 0 Å². The number of aromatic nitrogens is 2. The van der Waals surface area contributed by atoms with Gasteiger partial charge in [-0.15, -0.1) is 0 Å². The van der Waals surface area contributed by atoms with Gasteiger partial charge >= 0.3 is 0 Å². The Balaban J connectivity index is 2.42. The standard InChI is InChI=1S/C9H14BrN3O/c1-6(2)7(14)3-12-9-5-11-8(10)4-13-9/h4-7,14H,3H2,1-2H3,(H,12,13). The molecule has 2 N–H and O–H groups in total. The fourth-order valence-corrected chi connectivity index (χ4v) is 1.05. The van der Waals surface area contributed by atoms with Gasteiger partial charge in [-0.1, -0.05) is 13.8 Å². The number of anilines is 1. The Morgan fingerprint density at radius 3 is 2.64 bits per heavy atom. The van der Waals surface area contributed by atoms with E-state index in [1.165, 1.54) is 0 Å². The normalized spacial score (nSPS) is 12.9. The molecular weight excluding hydrogens is 246 g/mol. The quantitative estimate of drug-likeness (QED) is 0.864. The summed E-state index contributed by atoms with van der Waals surface area (Å²) in [4.78, 5) is 8.09. The molecule has 0 saturated carbocycles. The van der Waals surface area contributed by atoms with E-state index in [4.69, 9.17) is 0 Å². The first-order valence-electron chi connectivity index (χ1n) is 4.49. The van der Waals surface area contributed by atoms with Crippen LogP contribution in [0, 0.1) is 5.92 Å². The summed E-state index contributed by atoms with van der Waals surface area (Å²) in [6.07, 6.45) is 2.88. The van der Waals surface area contributed by atoms with E-state index in [1.54, 1.807) is 12.4 Å². The maximum atomic E-state index is 9.52. The summed E-state index contributed by atoms with van der Waals surface area (Å²) in [6, 6.07) is 0. The van der Waals surface area contributed by atoms with Crippen molar-refractivity contribution in [2.24, 2.45) is 5.92 Å². The molecule has 78 valence electrons. The number of nitrogens with zero attached hydrogens (tertiary/aromatic N) is 2. The first-order valence-corrected chi connectivity index (χ1v) is 5.28. The van der Waals surface area contributed by atoms with E-state index in [-0.39, 0.29) is 12.0 Å². The van der Waals surface area contributed by atoms with Crippen molar-refractivity contribution < 1.29 is 5.11 Å². The summed E-state index contributed by atoms with van der Waals surface area (Å²) in [6.45, 7) is 4.44. The number of aliphatic hydroxyl groups excluding tert-OH is 1. The van der Waals surface area contributed by atoms with Crippen LogP contribution in [0.2, 0.25) is 0 Å². The third kappa shape index (κ3) is 3.59. The van der Waals surface area contributed by atoms with Crippen molar-refractivity contribution in [1.29, 1.82) is 0 Å². The van der Waals surface area contributed by atoms with Gasteiger partial charge in [0.15, 0.2) is 0 Å². The molecule has 0 spiro atoms. The molecule has 0 aliphatic heterocycles. The minimum Gasteiger partial charge on any atom is -0.391 e. The molecule has 1 aromatic heterocycles. The Morgan fingerprint density at radius 2 is 2.14 bits per heavy atom. The highest BCUT2D eigenvalue weighted by atomic mass is 79.9. The van der Waals surface area contributed by atoms with Crippen LogP contribution < -0.4 is 5.32 Å². The van der Waals surface area contributed by atoms with Crippen molar-refractivity contribution in [3.63, 3.8) is 0 Å². The Hall–Kier alpha value is -0.680. The molecule has 5 heteroatoms. The zero-order chi connectivity index (χ0) is 10.6. The Bertz CT molecular complexity index is 276. The molecule has 0 bridgehead atoms. The highest BCUT2D eigenvalue weighted by molar-refractivity contribution is 9.10. The number of hydrogen-bond acceptors (Lipinski definition) is 4. The van der Waals surface area contributed by atoms with Gasteiger partial charge in [0, 0.05) is 6.54 Å². The molecule has 14 heavy (non-hydrogen) atoms. The average Bonchev–Trinajstić information content (AvgIpc) is 2.16. The van der Waals surface area contributed by atoms with Crippen LogP contribution in [0.15, 0.2) is 17.0 Å². The van der Waals surface area contributed by atoms with Crippen LogP contribution in [0.1, 0.15) is 13.8 Å². The summed E-state index contributed by atoms with van der Waals surface area (Å²) in [5, 5.41) is 12.5. The predicted octanol–water partition coefficient (Wildman–Crippen LogP) is 1.67. The zero-order valence-corrected chi connectivity index (χ0v) is 9.82. The number of rotatable bonds is 4. The fraction of sp³-hybridized carbons (Fsp3) is 0.556. The molecule has 0 aliphatic rings. The maximum absolute atomic E-state index is 9.52. The van der Waals surface area contributed by atoms with Gasteiger partial charge in [0.25, 0.3) is 0 Å². The highest BCUT2D eigenvalue weighted by Crippen LogP contribution is 2.07. The van der Waals surface area contributed by atoms with Crippen molar-refractivity contribution in [2.75, 3.05) is 11.9 Å². The summed E-state index contributed by atoms with van der Waals surface area (Å²) in [7, 11) is 0. The Kier molecular flexibility index (Phi) is 4.28. The fourth-order valence-electron chi connectivity index (χ4n) is 0.848. The van der Waals surface area contributed by atoms with Gasteiger partial charge in [-0.05, 0) is 21.8 Å². The summed E-state index contributed by atoms with van der Waals surface area (Å²) in [5.74, 6) is 0.916. The minimum absolute atomic E-state index is 0.242. The average molecular weight is 260 g/mol. The van der Waals surface area contributed by atoms with Crippen LogP contribution in [0.5, 0.6) is 0 Å². The molecule has 0 aliphatic carbocycles. The minimum atomic E-state index is -0.361. The lowest BCUT2D eigenvalue weighted by Gasteiger charge is -2.14. The molecule has 0 fully saturated rings. The van der Waals surface area contributed by atoms with Crippen LogP contribution in [-0.4, -0.2) is 27.7 Å². The van der Waals surface area contributed by atoms with Gasteiger partial charge in [-0.2, -0.15) is 0 Å². The molecular formula is C9H14BrN3O. The lowest BCUT2D eigenvalue weighted by Crippen LogP contribution is -2.25. The number of nitrogens with one attached hydrogen (secondary N) is 1. The van der Waals surface area contributed by atoms with Crippen molar-refractivity contribution >= 4 is 21.7 Å². The Labute approximate surface area is 91.9 Å². The molecule has 0 radical (unpaired) electrons. The first-order chi connectivity index (χ1) is 6.59. The van der Waals surface area contributed by atoms with Crippen LogP contribution >= 0.6 is 15.9 Å². The van der Waals surface area contributed by atoms with Crippen molar-refractivity contribution in [1.82, 2.24) is 9.97 Å². The van der Waals surface area contributed by atoms with Crippen LogP contribution in [-0.2, 0) is 0 Å². The topological polar surface area (TPSA) is 58.0 Å². The number of aliphatic hydroxyl groups is 1. The SMILES string of the molecule is CC(C)C(O)CNc1cnc(Br)cn1. The van der Waals surface area contributed by atoms with E-state index in [0.29, 0.717) is 17.0 Å². The van der Waals surface area contributed by atoms with E-state index in [2.05, 4.69) is 31.2 Å². The van der Waals surface area contributed by atoms with Crippen LogP contribution in [0.4, 0.5) is 5.82 Å². The molecule has 1 atom stereocenters. The summed E-state index contributed by atoms with van der Waals surface area (Å²) < 4.78 is 0.701. The van der Waals surface area contributed by atoms with Crippen molar-refractivity contribution in [3.8, 4) is 0 Å². The van der Waals surface area contributed by atoms with Crippen LogP contribution in [0.3, 0.4) is 0 Å². The highest BCUT2D eigenvalue weighted by Gasteiger charge is 2.08. The van der Waals surface area contributed by atoms with Crippen molar-refractivity contribution in [2.45, 2.75) is 20.0 Å². The van der Waals surface area contributed by atoms with E-state index in [0.717, 1.165) is 0 Å². The van der Waals surface area contributed by atoms with Gasteiger partial charge < -0.3 is 10.4 Å². The molecule has 1 aromatic rings. The summed E-state index contributed by atoms with van der Waals surface area (Å²) in [5.41, 5.74) is 0.